The quantitative estimate of drug-likeness (QED) is 0.709. The molecule has 3 N–H and O–H groups in total. The first-order valence-electron chi connectivity index (χ1n) is 7.70. The second-order valence-corrected chi connectivity index (χ2v) is 5.13. The van der Waals surface area contributed by atoms with E-state index in [9.17, 15) is 9.59 Å². The summed E-state index contributed by atoms with van der Waals surface area (Å²) in [5.41, 5.74) is 1.93. The van der Waals surface area contributed by atoms with Crippen LogP contribution < -0.4 is 16.0 Å². The number of urea groups is 1. The molecule has 23 heavy (non-hydrogen) atoms. The monoisotopic (exact) mass is 311 g/mol. The fourth-order valence-electron chi connectivity index (χ4n) is 2.00. The highest BCUT2D eigenvalue weighted by molar-refractivity contribution is 6.00. The molecule has 0 atom stereocenters. The molecule has 3 amide bonds. The summed E-state index contributed by atoms with van der Waals surface area (Å²) in [5, 5.41) is 8.31. The minimum absolute atomic E-state index is 0.0984. The predicted octanol–water partition coefficient (Wildman–Crippen LogP) is 3.86. The average molecular weight is 311 g/mol. The molecule has 2 rings (SSSR count). The van der Waals surface area contributed by atoms with Crippen molar-refractivity contribution in [2.75, 3.05) is 17.2 Å². The van der Waals surface area contributed by atoms with Crippen molar-refractivity contribution in [3.8, 4) is 0 Å². The molecule has 2 aromatic carbocycles. The largest absolute Gasteiger partial charge is 0.352 e. The topological polar surface area (TPSA) is 70.2 Å². The van der Waals surface area contributed by atoms with Gasteiger partial charge in [-0.3, -0.25) is 4.79 Å². The van der Waals surface area contributed by atoms with Gasteiger partial charge < -0.3 is 16.0 Å². The molecule has 2 aromatic rings. The van der Waals surface area contributed by atoms with Crippen LogP contribution in [0.4, 0.5) is 16.2 Å². The first-order valence-corrected chi connectivity index (χ1v) is 7.70. The lowest BCUT2D eigenvalue weighted by Gasteiger charge is -2.08. The van der Waals surface area contributed by atoms with Gasteiger partial charge in [0, 0.05) is 23.5 Å². The molecule has 0 radical (unpaired) electrons. The van der Waals surface area contributed by atoms with Crippen molar-refractivity contribution in [3.63, 3.8) is 0 Å². The highest BCUT2D eigenvalue weighted by Gasteiger charge is 2.06. The maximum absolute atomic E-state index is 11.9. The van der Waals surface area contributed by atoms with Crippen LogP contribution in [-0.4, -0.2) is 18.5 Å². The minimum atomic E-state index is -0.323. The Kier molecular flexibility index (Phi) is 6.17. The van der Waals surface area contributed by atoms with Crippen molar-refractivity contribution in [2.24, 2.45) is 0 Å². The first kappa shape index (κ1) is 16.5. The van der Waals surface area contributed by atoms with Crippen LogP contribution in [-0.2, 0) is 0 Å². The van der Waals surface area contributed by atoms with Crippen LogP contribution in [0.25, 0.3) is 0 Å². The van der Waals surface area contributed by atoms with Gasteiger partial charge in [0.05, 0.1) is 0 Å². The Morgan fingerprint density at radius 2 is 1.48 bits per heavy atom. The number of amides is 3. The van der Waals surface area contributed by atoms with Crippen molar-refractivity contribution in [3.05, 3.63) is 60.2 Å². The van der Waals surface area contributed by atoms with Gasteiger partial charge in [-0.05, 0) is 42.8 Å². The Bertz CT molecular complexity index is 639. The van der Waals surface area contributed by atoms with Crippen LogP contribution in [0.1, 0.15) is 30.1 Å². The number of para-hydroxylation sites is 1. The van der Waals surface area contributed by atoms with E-state index in [1.54, 1.807) is 24.3 Å². The zero-order valence-electron chi connectivity index (χ0n) is 13.1. The van der Waals surface area contributed by atoms with E-state index < -0.39 is 0 Å². The highest BCUT2D eigenvalue weighted by Crippen LogP contribution is 2.11. The number of hydrogen-bond acceptors (Lipinski definition) is 2. The summed E-state index contributed by atoms with van der Waals surface area (Å²) in [5.74, 6) is -0.0984. The molecular weight excluding hydrogens is 290 g/mol. The number of rotatable bonds is 6. The van der Waals surface area contributed by atoms with Gasteiger partial charge in [-0.25, -0.2) is 4.79 Å². The smallest absolute Gasteiger partial charge is 0.323 e. The first-order chi connectivity index (χ1) is 11.2. The van der Waals surface area contributed by atoms with Gasteiger partial charge in [-0.2, -0.15) is 0 Å². The van der Waals surface area contributed by atoms with Gasteiger partial charge in [0.25, 0.3) is 5.91 Å². The van der Waals surface area contributed by atoms with Crippen molar-refractivity contribution in [1.82, 2.24) is 5.32 Å². The summed E-state index contributed by atoms with van der Waals surface area (Å²) < 4.78 is 0. The minimum Gasteiger partial charge on any atom is -0.352 e. The lowest BCUT2D eigenvalue weighted by Crippen LogP contribution is -2.24. The van der Waals surface area contributed by atoms with Crippen LogP contribution in [0, 0.1) is 0 Å². The van der Waals surface area contributed by atoms with Crippen LogP contribution in [0.15, 0.2) is 54.6 Å². The molecular formula is C18H21N3O2. The van der Waals surface area contributed by atoms with Crippen LogP contribution in [0.5, 0.6) is 0 Å². The van der Waals surface area contributed by atoms with Crippen molar-refractivity contribution < 1.29 is 9.59 Å². The van der Waals surface area contributed by atoms with Gasteiger partial charge in [0.2, 0.25) is 0 Å². The molecule has 0 aliphatic carbocycles. The summed E-state index contributed by atoms with van der Waals surface area (Å²) >= 11 is 0. The molecule has 0 saturated carbocycles. The van der Waals surface area contributed by atoms with Gasteiger partial charge in [-0.1, -0.05) is 31.5 Å². The van der Waals surface area contributed by atoms with E-state index in [0.717, 1.165) is 18.5 Å². The second kappa shape index (κ2) is 8.58. The highest BCUT2D eigenvalue weighted by atomic mass is 16.2. The van der Waals surface area contributed by atoms with Gasteiger partial charge in [-0.15, -0.1) is 0 Å². The average Bonchev–Trinajstić information content (AvgIpc) is 2.56. The van der Waals surface area contributed by atoms with Crippen LogP contribution >= 0.6 is 0 Å². The third-order valence-corrected chi connectivity index (χ3v) is 3.25. The molecule has 0 aliphatic heterocycles. The Labute approximate surface area is 136 Å². The fraction of sp³-hybridized carbons (Fsp3) is 0.222. The van der Waals surface area contributed by atoms with Crippen molar-refractivity contribution >= 4 is 23.3 Å². The number of carbonyl (C=O) groups excluding carboxylic acids is 2. The number of anilines is 2. The van der Waals surface area contributed by atoms with Gasteiger partial charge >= 0.3 is 6.03 Å². The molecule has 0 unspecified atom stereocenters. The summed E-state index contributed by atoms with van der Waals surface area (Å²) in [6.07, 6.45) is 2.00. The van der Waals surface area contributed by atoms with E-state index in [4.69, 9.17) is 0 Å². The Hall–Kier alpha value is -2.82. The maximum Gasteiger partial charge on any atom is 0.323 e. The van der Waals surface area contributed by atoms with Gasteiger partial charge in [0.15, 0.2) is 0 Å². The van der Waals surface area contributed by atoms with Gasteiger partial charge in [0.1, 0.15) is 0 Å². The number of benzene rings is 2. The van der Waals surface area contributed by atoms with Crippen LogP contribution in [0.3, 0.4) is 0 Å². The molecule has 0 saturated heterocycles. The number of nitrogens with one attached hydrogen (secondary N) is 3. The standard InChI is InChI=1S/C18H21N3O2/c1-2-3-13-19-17(22)14-9-11-16(12-10-14)21-18(23)20-15-7-5-4-6-8-15/h4-12H,2-3,13H2,1H3,(H,19,22)(H2,20,21,23). The Morgan fingerprint density at radius 3 is 2.09 bits per heavy atom. The molecule has 0 heterocycles. The number of hydrogen-bond donors (Lipinski definition) is 3. The number of unbranched alkanes of at least 4 members (excludes halogenated alkanes) is 1. The van der Waals surface area contributed by atoms with E-state index in [1.807, 2.05) is 30.3 Å². The third-order valence-electron chi connectivity index (χ3n) is 3.25. The van der Waals surface area contributed by atoms with E-state index in [2.05, 4.69) is 22.9 Å². The van der Waals surface area contributed by atoms with E-state index in [-0.39, 0.29) is 11.9 Å². The summed E-state index contributed by atoms with van der Waals surface area (Å²) in [7, 11) is 0. The van der Waals surface area contributed by atoms with Crippen molar-refractivity contribution in [1.29, 1.82) is 0 Å². The normalized spacial score (nSPS) is 9.96. The SMILES string of the molecule is CCCCNC(=O)c1ccc(NC(=O)Nc2ccccc2)cc1. The number of carbonyl (C=O) groups is 2. The van der Waals surface area contributed by atoms with E-state index in [0.29, 0.717) is 17.8 Å². The van der Waals surface area contributed by atoms with Crippen LogP contribution in [0.2, 0.25) is 0 Å². The summed E-state index contributed by atoms with van der Waals surface area (Å²) in [6, 6.07) is 15.7. The molecule has 0 fully saturated rings. The Morgan fingerprint density at radius 1 is 0.870 bits per heavy atom. The zero-order chi connectivity index (χ0) is 16.5. The maximum atomic E-state index is 11.9. The van der Waals surface area contributed by atoms with Crippen molar-refractivity contribution in [2.45, 2.75) is 19.8 Å². The molecule has 5 heteroatoms. The second-order valence-electron chi connectivity index (χ2n) is 5.13. The lowest BCUT2D eigenvalue weighted by molar-refractivity contribution is 0.0953. The molecule has 0 aliphatic rings. The zero-order valence-corrected chi connectivity index (χ0v) is 13.1. The molecule has 0 aromatic heterocycles. The third kappa shape index (κ3) is 5.47. The van der Waals surface area contributed by atoms with E-state index in [1.165, 1.54) is 0 Å². The summed E-state index contributed by atoms with van der Waals surface area (Å²) in [6.45, 7) is 2.75. The van der Waals surface area contributed by atoms with E-state index >= 15 is 0 Å². The Balaban J connectivity index is 1.87. The fourth-order valence-corrected chi connectivity index (χ4v) is 2.00. The molecule has 0 spiro atoms. The summed E-state index contributed by atoms with van der Waals surface area (Å²) in [4.78, 5) is 23.8. The predicted molar refractivity (Wildman–Crippen MR) is 92.8 cm³/mol. The molecule has 5 nitrogen and oxygen atoms in total. The lowest BCUT2D eigenvalue weighted by atomic mass is 10.2. The molecule has 0 bridgehead atoms. The molecule has 120 valence electrons.